The molecule has 326 valence electrons. The quantitative estimate of drug-likeness (QED) is 0.0363. The number of anilines is 1. The summed E-state index contributed by atoms with van der Waals surface area (Å²) < 4.78 is 94.3. The highest BCUT2D eigenvalue weighted by molar-refractivity contribution is 7.86. The molecular weight excluding hydrogens is 825 g/mol. The van der Waals surface area contributed by atoms with Crippen LogP contribution >= 0.6 is 0 Å². The van der Waals surface area contributed by atoms with Crippen molar-refractivity contribution in [2.45, 2.75) is 53.7 Å². The van der Waals surface area contributed by atoms with Crippen molar-refractivity contribution in [3.8, 4) is 0 Å². The highest BCUT2D eigenvalue weighted by atomic mass is 32.2. The van der Waals surface area contributed by atoms with Crippen LogP contribution in [0.1, 0.15) is 44.2 Å². The molecule has 0 spiro atoms. The van der Waals surface area contributed by atoms with E-state index in [1.807, 2.05) is 54.6 Å². The Morgan fingerprint density at radius 2 is 1.46 bits per heavy atom. The minimum atomic E-state index is -4.54. The van der Waals surface area contributed by atoms with Crippen molar-refractivity contribution in [3.05, 3.63) is 108 Å². The highest BCUT2D eigenvalue weighted by Crippen LogP contribution is 2.53. The van der Waals surface area contributed by atoms with Crippen LogP contribution in [0.3, 0.4) is 0 Å². The maximum absolute atomic E-state index is 12.5. The smallest absolute Gasteiger partial charge is 0.305 e. The topological polar surface area (TPSA) is 189 Å². The number of carbonyl (C=O) groups is 1. The van der Waals surface area contributed by atoms with Gasteiger partial charge in [-0.25, -0.2) is 0 Å². The molecule has 61 heavy (non-hydrogen) atoms. The number of nitrogens with zero attached hydrogens (tertiary/aromatic N) is 2. The van der Waals surface area contributed by atoms with Gasteiger partial charge in [0.2, 0.25) is 5.69 Å². The van der Waals surface area contributed by atoms with Gasteiger partial charge in [0.05, 0.1) is 29.9 Å². The van der Waals surface area contributed by atoms with E-state index >= 15 is 0 Å². The third-order valence-corrected chi connectivity index (χ3v) is 13.5. The normalized spacial score (nSPS) is 20.0. The molecule has 4 aromatic rings. The standard InChI is InChI=1S/C45H52N2O12S2/c1-44(21-26-56-3)39(47(24-29-59-25-20-41(48)49)37-19-17-33-34(42(37)44)10-9-11-38(33)61(53,54)55)12-7-6-8-13-40-45(2,22-27-57-4)43-35-30-32(60(50,51)52)16-14-31(35)15-18-36(43)46(40)23-28-58-5/h6-19,30H,20-29H2,1-5H3,(H2-,48,49,50,51,52,53,54,55)/p+1. The maximum Gasteiger partial charge on any atom is 0.305 e. The predicted octanol–water partition coefficient (Wildman–Crippen LogP) is 6.83. The van der Waals surface area contributed by atoms with Gasteiger partial charge >= 0.3 is 5.97 Å². The monoisotopic (exact) mass is 877 g/mol. The van der Waals surface area contributed by atoms with Crippen molar-refractivity contribution in [1.82, 2.24) is 0 Å². The average Bonchev–Trinajstić information content (AvgIpc) is 3.60. The Morgan fingerprint density at radius 3 is 2.13 bits per heavy atom. The molecule has 0 saturated heterocycles. The molecule has 2 atom stereocenters. The number of benzene rings is 4. The van der Waals surface area contributed by atoms with Gasteiger partial charge in [0.15, 0.2) is 12.3 Å². The van der Waals surface area contributed by atoms with Crippen LogP contribution in [-0.2, 0) is 54.8 Å². The van der Waals surface area contributed by atoms with Crippen LogP contribution in [0.5, 0.6) is 0 Å². The lowest BCUT2D eigenvalue weighted by Crippen LogP contribution is -2.33. The number of rotatable bonds is 20. The molecule has 0 radical (unpaired) electrons. The first kappa shape index (κ1) is 45.7. The maximum atomic E-state index is 12.5. The molecule has 2 aliphatic heterocycles. The van der Waals surface area contributed by atoms with E-state index in [0.717, 1.165) is 39.3 Å². The van der Waals surface area contributed by atoms with Crippen molar-refractivity contribution in [3.63, 3.8) is 0 Å². The third kappa shape index (κ3) is 9.22. The average molecular weight is 878 g/mol. The molecule has 14 nitrogen and oxygen atoms in total. The Morgan fingerprint density at radius 1 is 0.754 bits per heavy atom. The van der Waals surface area contributed by atoms with E-state index in [1.54, 1.807) is 39.5 Å². The van der Waals surface area contributed by atoms with Crippen LogP contribution in [0.4, 0.5) is 11.4 Å². The lowest BCUT2D eigenvalue weighted by Gasteiger charge is -2.30. The molecule has 0 bridgehead atoms. The SMILES string of the molecule is COCC[N+]1=C(/C=C/C=C/C=C2/N(CCOCCC(=O)O)c3ccc4c(S(=O)(=O)O)cccc4c3C2(C)CCOC)C(C)(CCOC)c2c1ccc1ccc(S(=O)(=O)O)cc21. The van der Waals surface area contributed by atoms with Crippen molar-refractivity contribution in [2.24, 2.45) is 0 Å². The predicted molar refractivity (Wildman–Crippen MR) is 234 cm³/mol. The minimum Gasteiger partial charge on any atom is -0.481 e. The Labute approximate surface area is 356 Å². The number of hydrogen-bond donors (Lipinski definition) is 3. The molecule has 3 N–H and O–H groups in total. The molecule has 16 heteroatoms. The summed E-state index contributed by atoms with van der Waals surface area (Å²) in [6.45, 7) is 6.52. The number of methoxy groups -OCH3 is 3. The molecule has 6 rings (SSSR count). The first-order valence-electron chi connectivity index (χ1n) is 19.8. The summed E-state index contributed by atoms with van der Waals surface area (Å²) in [6.07, 6.45) is 10.8. The van der Waals surface area contributed by atoms with Crippen LogP contribution in [0.2, 0.25) is 0 Å². The molecule has 0 aliphatic carbocycles. The lowest BCUT2D eigenvalue weighted by atomic mass is 9.75. The van der Waals surface area contributed by atoms with Gasteiger partial charge in [0.1, 0.15) is 11.5 Å². The van der Waals surface area contributed by atoms with Crippen LogP contribution in [-0.4, -0.2) is 115 Å². The van der Waals surface area contributed by atoms with Crippen molar-refractivity contribution >= 4 is 64.8 Å². The van der Waals surface area contributed by atoms with Crippen LogP contribution < -0.4 is 4.90 Å². The van der Waals surface area contributed by atoms with Gasteiger partial charge in [-0.2, -0.15) is 21.4 Å². The molecule has 0 aromatic heterocycles. The second-order valence-electron chi connectivity index (χ2n) is 15.5. The summed E-state index contributed by atoms with van der Waals surface area (Å²) in [5.74, 6) is -0.960. The molecule has 0 saturated carbocycles. The van der Waals surface area contributed by atoms with E-state index in [1.165, 1.54) is 18.2 Å². The van der Waals surface area contributed by atoms with E-state index < -0.39 is 37.0 Å². The Balaban J connectivity index is 1.45. The number of hydrogen-bond acceptors (Lipinski definition) is 10. The van der Waals surface area contributed by atoms with Gasteiger partial charge in [-0.3, -0.25) is 13.9 Å². The van der Waals surface area contributed by atoms with E-state index in [4.69, 9.17) is 24.1 Å². The Bertz CT molecular complexity index is 2670. The van der Waals surface area contributed by atoms with Gasteiger partial charge in [0.25, 0.3) is 20.2 Å². The van der Waals surface area contributed by atoms with Crippen LogP contribution in [0, 0.1) is 0 Å². The van der Waals surface area contributed by atoms with Gasteiger partial charge in [-0.1, -0.05) is 42.5 Å². The summed E-state index contributed by atoms with van der Waals surface area (Å²) in [4.78, 5) is 12.9. The van der Waals surface area contributed by atoms with Gasteiger partial charge < -0.3 is 29.0 Å². The number of carboxylic acid groups (broad SMARTS) is 1. The summed E-state index contributed by atoms with van der Waals surface area (Å²) in [6, 6.07) is 16.9. The number of allylic oxidation sites excluding steroid dienone is 6. The van der Waals surface area contributed by atoms with E-state index in [-0.39, 0.29) is 29.4 Å². The minimum absolute atomic E-state index is 0.0427. The molecular formula is C45H53N2O12S2+. The lowest BCUT2D eigenvalue weighted by molar-refractivity contribution is -0.441. The van der Waals surface area contributed by atoms with E-state index in [2.05, 4.69) is 23.3 Å². The third-order valence-electron chi connectivity index (χ3n) is 11.7. The summed E-state index contributed by atoms with van der Waals surface area (Å²) in [5, 5.41) is 11.7. The molecule has 2 heterocycles. The zero-order valence-electron chi connectivity index (χ0n) is 35.0. The second-order valence-corrected chi connectivity index (χ2v) is 18.3. The van der Waals surface area contributed by atoms with Crippen molar-refractivity contribution in [1.29, 1.82) is 0 Å². The van der Waals surface area contributed by atoms with Gasteiger partial charge in [-0.05, 0) is 84.8 Å². The molecule has 0 fully saturated rings. The Hall–Kier alpha value is -4.78. The van der Waals surface area contributed by atoms with Crippen LogP contribution in [0.25, 0.3) is 21.5 Å². The molecule has 4 aromatic carbocycles. The highest BCUT2D eigenvalue weighted by Gasteiger charge is 2.49. The fourth-order valence-electron chi connectivity index (χ4n) is 8.82. The fraction of sp³-hybridized carbons (Fsp3) is 0.378. The van der Waals surface area contributed by atoms with E-state index in [0.29, 0.717) is 61.9 Å². The zero-order chi connectivity index (χ0) is 44.2. The molecule has 2 aliphatic rings. The first-order valence-corrected chi connectivity index (χ1v) is 22.7. The van der Waals surface area contributed by atoms with Gasteiger partial charge in [-0.15, -0.1) is 0 Å². The Kier molecular flexibility index (Phi) is 14.0. The second kappa shape index (κ2) is 18.7. The summed E-state index contributed by atoms with van der Waals surface area (Å²) in [5.41, 5.74) is 3.95. The largest absolute Gasteiger partial charge is 0.481 e. The van der Waals surface area contributed by atoms with Crippen molar-refractivity contribution in [2.75, 3.05) is 72.4 Å². The van der Waals surface area contributed by atoms with Crippen LogP contribution in [0.15, 0.2) is 107 Å². The van der Waals surface area contributed by atoms with Gasteiger partial charge in [0, 0.05) is 81.0 Å². The number of fused-ring (bicyclic) bond motifs is 6. The summed E-state index contributed by atoms with van der Waals surface area (Å²) in [7, 11) is -4.12. The fourth-order valence-corrected chi connectivity index (χ4v) is 10.0. The number of ether oxygens (including phenoxy) is 4. The molecule has 0 amide bonds. The van der Waals surface area contributed by atoms with Crippen molar-refractivity contribution < 1.29 is 59.4 Å². The first-order chi connectivity index (χ1) is 29.0. The summed E-state index contributed by atoms with van der Waals surface area (Å²) >= 11 is 0. The van der Waals surface area contributed by atoms with E-state index in [9.17, 15) is 30.7 Å². The molecule has 2 unspecified atom stereocenters. The number of aliphatic carboxylic acids is 1. The number of carboxylic acids is 1. The zero-order valence-corrected chi connectivity index (χ0v) is 36.6.